The van der Waals surface area contributed by atoms with Crippen molar-refractivity contribution in [3.8, 4) is 0 Å². The van der Waals surface area contributed by atoms with E-state index in [0.717, 1.165) is 6.07 Å². The predicted molar refractivity (Wildman–Crippen MR) is 74.5 cm³/mol. The maximum atomic E-state index is 13.7. The largest absolute Gasteiger partial charge is 0.409 e. The number of oxime groups is 1. The zero-order chi connectivity index (χ0) is 15.1. The molecular weight excluding hydrogens is 264 g/mol. The lowest BCUT2D eigenvalue weighted by molar-refractivity contribution is 0.237. The molecule has 0 aliphatic rings. The number of nitrogens with zero attached hydrogens (tertiary/aromatic N) is 2. The minimum atomic E-state index is -0.844. The number of benzene rings is 1. The Hall–Kier alpha value is -1.69. The molecule has 0 saturated heterocycles. The molecule has 0 radical (unpaired) electrons. The first-order valence-electron chi connectivity index (χ1n) is 6.55. The van der Waals surface area contributed by atoms with Gasteiger partial charge in [-0.2, -0.15) is 0 Å². The molecule has 112 valence electrons. The third kappa shape index (κ3) is 5.13. The van der Waals surface area contributed by atoms with Crippen LogP contribution < -0.4 is 5.73 Å². The fraction of sp³-hybridized carbons (Fsp3) is 0.500. The highest BCUT2D eigenvalue weighted by Gasteiger charge is 2.14. The quantitative estimate of drug-likeness (QED) is 0.350. The van der Waals surface area contributed by atoms with Crippen LogP contribution in [0.5, 0.6) is 0 Å². The number of hydrogen-bond donors (Lipinski definition) is 2. The molecule has 0 bridgehead atoms. The second-order valence-electron chi connectivity index (χ2n) is 5.18. The van der Waals surface area contributed by atoms with Gasteiger partial charge in [0.1, 0.15) is 5.84 Å². The molecule has 3 N–H and O–H groups in total. The van der Waals surface area contributed by atoms with Crippen molar-refractivity contribution in [2.24, 2.45) is 16.8 Å². The smallest absolute Gasteiger partial charge is 0.163 e. The van der Waals surface area contributed by atoms with Crippen molar-refractivity contribution in [1.82, 2.24) is 4.90 Å². The molecule has 1 aromatic carbocycles. The van der Waals surface area contributed by atoms with Gasteiger partial charge in [-0.1, -0.05) is 31.1 Å². The molecule has 1 aromatic rings. The minimum absolute atomic E-state index is 0.124. The van der Waals surface area contributed by atoms with Gasteiger partial charge in [-0.15, -0.1) is 0 Å². The van der Waals surface area contributed by atoms with Gasteiger partial charge in [0.2, 0.25) is 0 Å². The first-order chi connectivity index (χ1) is 9.43. The number of amidine groups is 1. The van der Waals surface area contributed by atoms with Crippen LogP contribution in [0, 0.1) is 17.6 Å². The summed E-state index contributed by atoms with van der Waals surface area (Å²) in [5.41, 5.74) is 5.75. The van der Waals surface area contributed by atoms with E-state index >= 15 is 0 Å². The van der Waals surface area contributed by atoms with Crippen LogP contribution in [0.4, 0.5) is 8.78 Å². The highest BCUT2D eigenvalue weighted by atomic mass is 19.2. The molecule has 0 unspecified atom stereocenters. The standard InChI is InChI=1S/C14H21F2N3O/c1-10(2)8-19(7-6-13(17)18-20)9-11-4-3-5-12(15)14(11)16/h3-5,10,20H,6-9H2,1-2H3,(H2,17,18). The van der Waals surface area contributed by atoms with Crippen LogP contribution in [0.1, 0.15) is 25.8 Å². The predicted octanol–water partition coefficient (Wildman–Crippen LogP) is 2.56. The van der Waals surface area contributed by atoms with E-state index in [-0.39, 0.29) is 5.84 Å². The molecule has 6 heteroatoms. The Kier molecular flexibility index (Phi) is 6.38. The molecule has 0 heterocycles. The summed E-state index contributed by atoms with van der Waals surface area (Å²) in [5, 5.41) is 11.4. The van der Waals surface area contributed by atoms with Crippen LogP contribution in [0.3, 0.4) is 0 Å². The van der Waals surface area contributed by atoms with Gasteiger partial charge in [0, 0.05) is 31.6 Å². The molecule has 20 heavy (non-hydrogen) atoms. The highest BCUT2D eigenvalue weighted by Crippen LogP contribution is 2.15. The summed E-state index contributed by atoms with van der Waals surface area (Å²) in [6.07, 6.45) is 0.375. The van der Waals surface area contributed by atoms with Crippen LogP contribution >= 0.6 is 0 Å². The Morgan fingerprint density at radius 3 is 2.70 bits per heavy atom. The summed E-state index contributed by atoms with van der Waals surface area (Å²) in [5.74, 6) is -1.16. The Morgan fingerprint density at radius 2 is 2.10 bits per heavy atom. The Labute approximate surface area is 117 Å². The van der Waals surface area contributed by atoms with Crippen molar-refractivity contribution in [2.75, 3.05) is 13.1 Å². The summed E-state index contributed by atoms with van der Waals surface area (Å²) in [6, 6.07) is 4.15. The van der Waals surface area contributed by atoms with Gasteiger partial charge in [-0.3, -0.25) is 4.90 Å². The van der Waals surface area contributed by atoms with Gasteiger partial charge in [0.25, 0.3) is 0 Å². The molecular formula is C14H21F2N3O. The average molecular weight is 285 g/mol. The van der Waals surface area contributed by atoms with Crippen molar-refractivity contribution in [2.45, 2.75) is 26.8 Å². The molecule has 0 atom stereocenters. The molecule has 0 aromatic heterocycles. The molecule has 0 aliphatic carbocycles. The summed E-state index contributed by atoms with van der Waals surface area (Å²) in [4.78, 5) is 1.96. The first kappa shape index (κ1) is 16.4. The van der Waals surface area contributed by atoms with Crippen molar-refractivity contribution < 1.29 is 14.0 Å². The molecule has 0 amide bonds. The summed E-state index contributed by atoms with van der Waals surface area (Å²) >= 11 is 0. The van der Waals surface area contributed by atoms with Crippen LogP contribution in [-0.2, 0) is 6.54 Å². The maximum absolute atomic E-state index is 13.7. The van der Waals surface area contributed by atoms with E-state index < -0.39 is 11.6 Å². The summed E-state index contributed by atoms with van der Waals surface area (Å²) < 4.78 is 26.9. The monoisotopic (exact) mass is 285 g/mol. The topological polar surface area (TPSA) is 61.8 Å². The summed E-state index contributed by atoms with van der Waals surface area (Å²) in [6.45, 7) is 5.61. The van der Waals surface area contributed by atoms with Crippen LogP contribution in [0.2, 0.25) is 0 Å². The zero-order valence-electron chi connectivity index (χ0n) is 11.8. The van der Waals surface area contributed by atoms with Crippen LogP contribution in [0.25, 0.3) is 0 Å². The minimum Gasteiger partial charge on any atom is -0.409 e. The summed E-state index contributed by atoms with van der Waals surface area (Å²) in [7, 11) is 0. The third-order valence-electron chi connectivity index (χ3n) is 2.86. The second-order valence-corrected chi connectivity index (χ2v) is 5.18. The Bertz CT molecular complexity index is 464. The number of nitrogens with two attached hydrogens (primary N) is 1. The van der Waals surface area contributed by atoms with Crippen molar-refractivity contribution in [3.63, 3.8) is 0 Å². The Morgan fingerprint density at radius 1 is 1.40 bits per heavy atom. The maximum Gasteiger partial charge on any atom is 0.163 e. The lowest BCUT2D eigenvalue weighted by Crippen LogP contribution is -2.31. The molecule has 1 rings (SSSR count). The van der Waals surface area contributed by atoms with E-state index in [9.17, 15) is 8.78 Å². The lowest BCUT2D eigenvalue weighted by Gasteiger charge is -2.24. The lowest BCUT2D eigenvalue weighted by atomic mass is 10.1. The van der Waals surface area contributed by atoms with Crippen LogP contribution in [-0.4, -0.2) is 29.0 Å². The van der Waals surface area contributed by atoms with Crippen molar-refractivity contribution in [3.05, 3.63) is 35.4 Å². The van der Waals surface area contributed by atoms with E-state index in [1.165, 1.54) is 6.07 Å². The molecule has 0 spiro atoms. The van der Waals surface area contributed by atoms with Crippen molar-refractivity contribution in [1.29, 1.82) is 0 Å². The zero-order valence-corrected chi connectivity index (χ0v) is 11.8. The molecule has 0 saturated carbocycles. The van der Waals surface area contributed by atoms with Gasteiger partial charge in [-0.05, 0) is 12.0 Å². The molecule has 0 fully saturated rings. The van der Waals surface area contributed by atoms with E-state index in [1.54, 1.807) is 6.07 Å². The van der Waals surface area contributed by atoms with Gasteiger partial charge in [-0.25, -0.2) is 8.78 Å². The van der Waals surface area contributed by atoms with Gasteiger partial charge in [0.05, 0.1) is 0 Å². The van der Waals surface area contributed by atoms with E-state index in [0.29, 0.717) is 37.5 Å². The van der Waals surface area contributed by atoms with E-state index in [2.05, 4.69) is 5.16 Å². The number of hydrogen-bond acceptors (Lipinski definition) is 3. The fourth-order valence-electron chi connectivity index (χ4n) is 1.99. The highest BCUT2D eigenvalue weighted by molar-refractivity contribution is 5.79. The number of halogens is 2. The Balaban J connectivity index is 2.75. The second kappa shape index (κ2) is 7.79. The third-order valence-corrected chi connectivity index (χ3v) is 2.86. The average Bonchev–Trinajstić information content (AvgIpc) is 2.40. The molecule has 0 aliphatic heterocycles. The number of rotatable bonds is 7. The molecule has 4 nitrogen and oxygen atoms in total. The first-order valence-corrected chi connectivity index (χ1v) is 6.55. The normalized spacial score (nSPS) is 12.4. The SMILES string of the molecule is CC(C)CN(CCC(N)=NO)Cc1cccc(F)c1F. The van der Waals surface area contributed by atoms with Crippen molar-refractivity contribution >= 4 is 5.84 Å². The van der Waals surface area contributed by atoms with E-state index in [4.69, 9.17) is 10.9 Å². The van der Waals surface area contributed by atoms with E-state index in [1.807, 2.05) is 18.7 Å². The van der Waals surface area contributed by atoms with Gasteiger partial charge < -0.3 is 10.9 Å². The van der Waals surface area contributed by atoms with Gasteiger partial charge >= 0.3 is 0 Å². The van der Waals surface area contributed by atoms with Gasteiger partial charge in [0.15, 0.2) is 11.6 Å². The fourth-order valence-corrected chi connectivity index (χ4v) is 1.99. The van der Waals surface area contributed by atoms with Crippen LogP contribution in [0.15, 0.2) is 23.4 Å².